The third kappa shape index (κ3) is 4.48. The summed E-state index contributed by atoms with van der Waals surface area (Å²) >= 11 is 5.57. The first kappa shape index (κ1) is 12.3. The molecule has 1 aromatic rings. The van der Waals surface area contributed by atoms with Crippen molar-refractivity contribution in [3.63, 3.8) is 0 Å². The van der Waals surface area contributed by atoms with Crippen molar-refractivity contribution in [2.24, 2.45) is 0 Å². The van der Waals surface area contributed by atoms with E-state index in [1.165, 1.54) is 12.1 Å². The Morgan fingerprint density at radius 2 is 1.93 bits per heavy atom. The summed E-state index contributed by atoms with van der Waals surface area (Å²) in [6.07, 6.45) is -4.30. The highest BCUT2D eigenvalue weighted by molar-refractivity contribution is 6.30. The lowest BCUT2D eigenvalue weighted by molar-refractivity contribution is -0.125. The van der Waals surface area contributed by atoms with Gasteiger partial charge in [-0.3, -0.25) is 0 Å². The van der Waals surface area contributed by atoms with Crippen LogP contribution in [0, 0.1) is 5.82 Å². The smallest absolute Gasteiger partial charge is 0.304 e. The standard InChI is InChI=1S/C9H8ClF4N/c10-7-1-2-8(11)6(3-7)4-15-5-9(12,13)14/h1-3,15H,4-5H2. The zero-order chi connectivity index (χ0) is 11.5. The third-order valence-corrected chi connectivity index (χ3v) is 1.88. The average molecular weight is 242 g/mol. The summed E-state index contributed by atoms with van der Waals surface area (Å²) in [5.74, 6) is -0.575. The first-order valence-corrected chi connectivity index (χ1v) is 4.48. The second-order valence-electron chi connectivity index (χ2n) is 2.95. The predicted molar refractivity (Wildman–Crippen MR) is 49.2 cm³/mol. The fourth-order valence-corrected chi connectivity index (χ4v) is 1.21. The molecule has 0 aliphatic heterocycles. The minimum absolute atomic E-state index is 0.117. The predicted octanol–water partition coefficient (Wildman–Crippen LogP) is 3.13. The van der Waals surface area contributed by atoms with Gasteiger partial charge in [-0.25, -0.2) is 4.39 Å². The van der Waals surface area contributed by atoms with Crippen LogP contribution in [-0.2, 0) is 6.54 Å². The Balaban J connectivity index is 2.54. The maximum Gasteiger partial charge on any atom is 0.401 e. The molecule has 1 nitrogen and oxygen atoms in total. The third-order valence-electron chi connectivity index (χ3n) is 1.65. The molecule has 0 aromatic heterocycles. The monoisotopic (exact) mass is 241 g/mol. The molecule has 0 amide bonds. The lowest BCUT2D eigenvalue weighted by Gasteiger charge is -2.08. The number of alkyl halides is 3. The van der Waals surface area contributed by atoms with Crippen molar-refractivity contribution in [1.82, 2.24) is 5.32 Å². The van der Waals surface area contributed by atoms with Gasteiger partial charge in [-0.15, -0.1) is 0 Å². The topological polar surface area (TPSA) is 12.0 Å². The molecule has 0 radical (unpaired) electrons. The molecule has 0 atom stereocenters. The molecule has 84 valence electrons. The molecule has 0 unspecified atom stereocenters. The van der Waals surface area contributed by atoms with Gasteiger partial charge in [0.1, 0.15) is 5.82 Å². The minimum atomic E-state index is -4.30. The number of nitrogens with one attached hydrogen (secondary N) is 1. The highest BCUT2D eigenvalue weighted by Crippen LogP contribution is 2.16. The average Bonchev–Trinajstić information content (AvgIpc) is 2.09. The summed E-state index contributed by atoms with van der Waals surface area (Å²) in [5, 5.41) is 2.38. The molecule has 0 spiro atoms. The van der Waals surface area contributed by atoms with Gasteiger partial charge in [0.05, 0.1) is 6.54 Å². The van der Waals surface area contributed by atoms with E-state index in [1.807, 2.05) is 0 Å². The fourth-order valence-electron chi connectivity index (χ4n) is 1.02. The molecule has 1 aromatic carbocycles. The molecule has 0 aliphatic carbocycles. The second-order valence-corrected chi connectivity index (χ2v) is 3.39. The number of benzene rings is 1. The fraction of sp³-hybridized carbons (Fsp3) is 0.333. The number of hydrogen-bond acceptors (Lipinski definition) is 1. The van der Waals surface area contributed by atoms with Gasteiger partial charge in [0.25, 0.3) is 0 Å². The van der Waals surface area contributed by atoms with Crippen LogP contribution in [0.2, 0.25) is 5.02 Å². The molecule has 0 saturated heterocycles. The zero-order valence-corrected chi connectivity index (χ0v) is 8.29. The van der Waals surface area contributed by atoms with Gasteiger partial charge in [0, 0.05) is 17.1 Å². The molecule has 0 aliphatic rings. The van der Waals surface area contributed by atoms with Crippen LogP contribution in [0.4, 0.5) is 17.6 Å². The van der Waals surface area contributed by atoms with Crippen LogP contribution in [-0.4, -0.2) is 12.7 Å². The number of halogens is 5. The van der Waals surface area contributed by atoms with Crippen LogP contribution in [0.3, 0.4) is 0 Å². The summed E-state index contributed by atoms with van der Waals surface area (Å²) in [4.78, 5) is 0. The van der Waals surface area contributed by atoms with E-state index in [-0.39, 0.29) is 12.1 Å². The second kappa shape index (κ2) is 4.81. The summed E-state index contributed by atoms with van der Waals surface area (Å²) in [6.45, 7) is -1.36. The SMILES string of the molecule is Fc1ccc(Cl)cc1CNCC(F)(F)F. The molecular formula is C9H8ClF4N. The summed E-state index contributed by atoms with van der Waals surface area (Å²) in [6, 6.07) is 3.75. The van der Waals surface area contributed by atoms with Crippen molar-refractivity contribution in [1.29, 1.82) is 0 Å². The molecule has 0 heterocycles. The van der Waals surface area contributed by atoms with E-state index in [1.54, 1.807) is 0 Å². The lowest BCUT2D eigenvalue weighted by atomic mass is 10.2. The minimum Gasteiger partial charge on any atom is -0.304 e. The van der Waals surface area contributed by atoms with Crippen molar-refractivity contribution in [2.45, 2.75) is 12.7 Å². The lowest BCUT2D eigenvalue weighted by Crippen LogP contribution is -2.28. The van der Waals surface area contributed by atoms with Gasteiger partial charge >= 0.3 is 6.18 Å². The maximum absolute atomic E-state index is 13.0. The normalized spacial score (nSPS) is 11.8. The Morgan fingerprint density at radius 1 is 1.27 bits per heavy atom. The molecular weight excluding hydrogens is 234 g/mol. The van der Waals surface area contributed by atoms with E-state index in [0.29, 0.717) is 5.02 Å². The van der Waals surface area contributed by atoms with Crippen molar-refractivity contribution in [3.8, 4) is 0 Å². The van der Waals surface area contributed by atoms with E-state index < -0.39 is 18.5 Å². The van der Waals surface area contributed by atoms with E-state index in [2.05, 4.69) is 5.32 Å². The molecule has 0 saturated carbocycles. The Morgan fingerprint density at radius 3 is 2.53 bits per heavy atom. The molecule has 6 heteroatoms. The molecule has 0 bridgehead atoms. The molecule has 15 heavy (non-hydrogen) atoms. The van der Waals surface area contributed by atoms with Crippen LogP contribution in [0.15, 0.2) is 18.2 Å². The van der Waals surface area contributed by atoms with E-state index >= 15 is 0 Å². The quantitative estimate of drug-likeness (QED) is 0.802. The van der Waals surface area contributed by atoms with Crippen LogP contribution in [0.1, 0.15) is 5.56 Å². The van der Waals surface area contributed by atoms with Crippen LogP contribution in [0.5, 0.6) is 0 Å². The van der Waals surface area contributed by atoms with Gasteiger partial charge in [-0.2, -0.15) is 13.2 Å². The van der Waals surface area contributed by atoms with Crippen molar-refractivity contribution in [2.75, 3.05) is 6.54 Å². The van der Waals surface area contributed by atoms with Gasteiger partial charge in [0.15, 0.2) is 0 Å². The maximum atomic E-state index is 13.0. The Hall–Kier alpha value is -0.810. The summed E-state index contributed by atoms with van der Waals surface area (Å²) in [7, 11) is 0. The largest absolute Gasteiger partial charge is 0.401 e. The number of rotatable bonds is 3. The molecule has 1 N–H and O–H groups in total. The van der Waals surface area contributed by atoms with Crippen LogP contribution in [0.25, 0.3) is 0 Å². The first-order chi connectivity index (χ1) is 6.88. The van der Waals surface area contributed by atoms with Crippen LogP contribution >= 0.6 is 11.6 Å². The Kier molecular flexibility index (Phi) is 3.93. The Bertz CT molecular complexity index is 337. The van der Waals surface area contributed by atoms with E-state index in [4.69, 9.17) is 11.6 Å². The molecule has 1 rings (SSSR count). The van der Waals surface area contributed by atoms with E-state index in [0.717, 1.165) is 6.07 Å². The van der Waals surface area contributed by atoms with Crippen molar-refractivity contribution < 1.29 is 17.6 Å². The zero-order valence-electron chi connectivity index (χ0n) is 7.54. The Labute approximate surface area is 89.0 Å². The van der Waals surface area contributed by atoms with Gasteiger partial charge in [-0.05, 0) is 18.2 Å². The van der Waals surface area contributed by atoms with E-state index in [9.17, 15) is 17.6 Å². The summed E-state index contributed by atoms with van der Waals surface area (Å²) in [5.41, 5.74) is 0.117. The van der Waals surface area contributed by atoms with Gasteiger partial charge in [0.2, 0.25) is 0 Å². The summed E-state index contributed by atoms with van der Waals surface area (Å²) < 4.78 is 48.3. The highest BCUT2D eigenvalue weighted by atomic mass is 35.5. The van der Waals surface area contributed by atoms with Crippen LogP contribution < -0.4 is 5.32 Å². The number of hydrogen-bond donors (Lipinski definition) is 1. The first-order valence-electron chi connectivity index (χ1n) is 4.10. The van der Waals surface area contributed by atoms with Gasteiger partial charge < -0.3 is 5.32 Å². The van der Waals surface area contributed by atoms with Gasteiger partial charge in [-0.1, -0.05) is 11.6 Å². The van der Waals surface area contributed by atoms with Crippen molar-refractivity contribution >= 4 is 11.6 Å². The van der Waals surface area contributed by atoms with Crippen molar-refractivity contribution in [3.05, 3.63) is 34.6 Å². The molecule has 0 fully saturated rings. The highest BCUT2D eigenvalue weighted by Gasteiger charge is 2.26.